The topological polar surface area (TPSA) is 52.6 Å². The Labute approximate surface area is 132 Å². The molecule has 1 rings (SSSR count). The summed E-state index contributed by atoms with van der Waals surface area (Å²) in [6.07, 6.45) is 6.16. The Hall–Kier alpha value is -1.84. The van der Waals surface area contributed by atoms with E-state index < -0.39 is 11.8 Å². The Morgan fingerprint density at radius 2 is 1.27 bits per heavy atom. The van der Waals surface area contributed by atoms with Crippen molar-refractivity contribution in [1.82, 2.24) is 0 Å². The molecule has 2 unspecified atom stereocenters. The first kappa shape index (κ1) is 18.2. The highest BCUT2D eigenvalue weighted by Gasteiger charge is 2.36. The molecule has 0 amide bonds. The van der Waals surface area contributed by atoms with Gasteiger partial charge in [-0.15, -0.1) is 13.2 Å². The van der Waals surface area contributed by atoms with Crippen LogP contribution in [0.5, 0.6) is 0 Å². The van der Waals surface area contributed by atoms with Crippen LogP contribution in [0.1, 0.15) is 39.5 Å². The summed E-state index contributed by atoms with van der Waals surface area (Å²) in [6, 6.07) is 0. The zero-order chi connectivity index (χ0) is 16.5. The van der Waals surface area contributed by atoms with Crippen LogP contribution >= 0.6 is 0 Å². The first-order valence-corrected chi connectivity index (χ1v) is 7.69. The van der Waals surface area contributed by atoms with Crippen LogP contribution in [-0.4, -0.2) is 25.2 Å². The summed E-state index contributed by atoms with van der Waals surface area (Å²) < 4.78 is 10.5. The molecule has 1 aliphatic rings. The predicted molar refractivity (Wildman–Crippen MR) is 86.1 cm³/mol. The van der Waals surface area contributed by atoms with E-state index >= 15 is 0 Å². The van der Waals surface area contributed by atoms with Gasteiger partial charge in [0, 0.05) is 12.8 Å². The smallest absolute Gasteiger partial charge is 0.310 e. The molecular formula is C18H26O4. The largest absolute Gasteiger partial charge is 0.465 e. The molecule has 0 spiro atoms. The van der Waals surface area contributed by atoms with Gasteiger partial charge in [-0.1, -0.05) is 23.3 Å². The van der Waals surface area contributed by atoms with Crippen molar-refractivity contribution in [1.29, 1.82) is 0 Å². The molecule has 0 aliphatic heterocycles. The van der Waals surface area contributed by atoms with Gasteiger partial charge in [0.05, 0.1) is 25.0 Å². The molecule has 0 radical (unpaired) electrons. The second kappa shape index (κ2) is 9.23. The zero-order valence-corrected chi connectivity index (χ0v) is 13.6. The van der Waals surface area contributed by atoms with Crippen molar-refractivity contribution in [2.45, 2.75) is 39.5 Å². The number of esters is 2. The van der Waals surface area contributed by atoms with Crippen LogP contribution < -0.4 is 0 Å². The molecule has 0 saturated carbocycles. The third-order valence-electron chi connectivity index (χ3n) is 3.58. The van der Waals surface area contributed by atoms with Crippen LogP contribution in [0, 0.1) is 11.8 Å². The summed E-state index contributed by atoms with van der Waals surface area (Å²) in [6.45, 7) is 11.9. The van der Waals surface area contributed by atoms with Crippen LogP contribution in [0.4, 0.5) is 0 Å². The fourth-order valence-electron chi connectivity index (χ4n) is 2.20. The van der Waals surface area contributed by atoms with Gasteiger partial charge in [-0.3, -0.25) is 9.59 Å². The Bertz CT molecular complexity index is 420. The minimum atomic E-state index is -0.451. The molecule has 0 bridgehead atoms. The van der Waals surface area contributed by atoms with E-state index in [-0.39, 0.29) is 11.9 Å². The van der Waals surface area contributed by atoms with E-state index in [0.717, 1.165) is 11.1 Å². The zero-order valence-electron chi connectivity index (χ0n) is 13.6. The number of ether oxygens (including phenoxy) is 2. The lowest BCUT2D eigenvalue weighted by Gasteiger charge is -2.25. The Kier molecular flexibility index (Phi) is 7.64. The predicted octanol–water partition coefficient (Wildman–Crippen LogP) is 3.59. The molecule has 0 aromatic heterocycles. The molecule has 0 N–H and O–H groups in total. The van der Waals surface area contributed by atoms with E-state index in [1.54, 1.807) is 0 Å². The maximum absolute atomic E-state index is 12.2. The van der Waals surface area contributed by atoms with Gasteiger partial charge >= 0.3 is 11.9 Å². The van der Waals surface area contributed by atoms with Gasteiger partial charge in [0.2, 0.25) is 0 Å². The minimum absolute atomic E-state index is 0.311. The van der Waals surface area contributed by atoms with E-state index in [1.807, 2.05) is 26.0 Å². The fraction of sp³-hybridized carbons (Fsp3) is 0.556. The van der Waals surface area contributed by atoms with Crippen LogP contribution in [0.25, 0.3) is 0 Å². The highest BCUT2D eigenvalue weighted by Crippen LogP contribution is 2.28. The number of hydrogen-bond acceptors (Lipinski definition) is 4. The first-order chi connectivity index (χ1) is 10.4. The normalized spacial score (nSPS) is 20.3. The van der Waals surface area contributed by atoms with Crippen LogP contribution in [0.2, 0.25) is 0 Å². The van der Waals surface area contributed by atoms with Crippen molar-refractivity contribution >= 4 is 11.9 Å². The van der Waals surface area contributed by atoms with Gasteiger partial charge in [-0.05, 0) is 26.7 Å². The van der Waals surface area contributed by atoms with Gasteiger partial charge in [-0.2, -0.15) is 0 Å². The van der Waals surface area contributed by atoms with Gasteiger partial charge < -0.3 is 9.47 Å². The summed E-state index contributed by atoms with van der Waals surface area (Å²) in [5.74, 6) is -1.56. The van der Waals surface area contributed by atoms with Crippen LogP contribution in [0.3, 0.4) is 0 Å². The van der Waals surface area contributed by atoms with Crippen molar-refractivity contribution < 1.29 is 19.1 Å². The number of carbonyl (C=O) groups excluding carboxylic acids is 2. The van der Waals surface area contributed by atoms with Gasteiger partial charge in [0.15, 0.2) is 0 Å². The van der Waals surface area contributed by atoms with Crippen molar-refractivity contribution in [3.63, 3.8) is 0 Å². The van der Waals surface area contributed by atoms with Crippen molar-refractivity contribution in [3.05, 3.63) is 36.5 Å². The fourth-order valence-corrected chi connectivity index (χ4v) is 2.20. The van der Waals surface area contributed by atoms with E-state index in [0.29, 0.717) is 38.9 Å². The van der Waals surface area contributed by atoms with Gasteiger partial charge in [0.25, 0.3) is 0 Å². The quantitative estimate of drug-likeness (QED) is 0.508. The molecule has 0 saturated heterocycles. The molecule has 0 heterocycles. The lowest BCUT2D eigenvalue weighted by atomic mass is 9.83. The number of hydrogen-bond donors (Lipinski definition) is 0. The maximum atomic E-state index is 12.2. The lowest BCUT2D eigenvalue weighted by Crippen LogP contribution is -2.34. The summed E-state index contributed by atoms with van der Waals surface area (Å²) in [5, 5.41) is 0. The van der Waals surface area contributed by atoms with Crippen molar-refractivity contribution in [3.8, 4) is 0 Å². The maximum Gasteiger partial charge on any atom is 0.310 e. The standard InChI is InChI=1S/C18H26O4/c1-13(2)9-11-21-17(19)15-7-5-6-8-16(15)18(20)22-12-10-14(3)4/h5-6,15-16H,1,3,7-12H2,2,4H3. The Morgan fingerprint density at radius 3 is 1.59 bits per heavy atom. The molecule has 4 heteroatoms. The molecule has 0 fully saturated rings. The van der Waals surface area contributed by atoms with Crippen molar-refractivity contribution in [2.75, 3.05) is 13.2 Å². The number of carbonyl (C=O) groups is 2. The average Bonchev–Trinajstić information content (AvgIpc) is 2.46. The number of rotatable bonds is 8. The molecule has 1 aliphatic carbocycles. The number of allylic oxidation sites excluding steroid dienone is 2. The highest BCUT2D eigenvalue weighted by molar-refractivity contribution is 5.82. The molecular weight excluding hydrogens is 280 g/mol. The molecule has 0 aromatic carbocycles. The summed E-state index contributed by atoms with van der Waals surface area (Å²) in [7, 11) is 0. The molecule has 0 aromatic rings. The Balaban J connectivity index is 2.53. The second-order valence-electron chi connectivity index (χ2n) is 5.91. The molecule has 122 valence electrons. The van der Waals surface area contributed by atoms with E-state index in [9.17, 15) is 9.59 Å². The van der Waals surface area contributed by atoms with E-state index in [1.165, 1.54) is 0 Å². The molecule has 22 heavy (non-hydrogen) atoms. The highest BCUT2D eigenvalue weighted by atomic mass is 16.5. The van der Waals surface area contributed by atoms with Gasteiger partial charge in [0.1, 0.15) is 0 Å². The Morgan fingerprint density at radius 1 is 0.909 bits per heavy atom. The van der Waals surface area contributed by atoms with Crippen LogP contribution in [0.15, 0.2) is 36.5 Å². The summed E-state index contributed by atoms with van der Waals surface area (Å²) in [5.41, 5.74) is 1.93. The van der Waals surface area contributed by atoms with E-state index in [4.69, 9.17) is 9.47 Å². The third-order valence-corrected chi connectivity index (χ3v) is 3.58. The van der Waals surface area contributed by atoms with E-state index in [2.05, 4.69) is 13.2 Å². The second-order valence-corrected chi connectivity index (χ2v) is 5.91. The minimum Gasteiger partial charge on any atom is -0.465 e. The van der Waals surface area contributed by atoms with Crippen molar-refractivity contribution in [2.24, 2.45) is 11.8 Å². The first-order valence-electron chi connectivity index (χ1n) is 7.69. The monoisotopic (exact) mass is 306 g/mol. The van der Waals surface area contributed by atoms with Gasteiger partial charge in [-0.25, -0.2) is 0 Å². The molecule has 2 atom stereocenters. The lowest BCUT2D eigenvalue weighted by molar-refractivity contribution is -0.161. The molecule has 4 nitrogen and oxygen atoms in total. The summed E-state index contributed by atoms with van der Waals surface area (Å²) >= 11 is 0. The SMILES string of the molecule is C=C(C)CCOC(=O)C1CC=CCC1C(=O)OCCC(=C)C. The van der Waals surface area contributed by atoms with Crippen LogP contribution in [-0.2, 0) is 19.1 Å². The summed E-state index contributed by atoms with van der Waals surface area (Å²) in [4.78, 5) is 24.3. The average molecular weight is 306 g/mol. The third kappa shape index (κ3) is 6.29.